The van der Waals surface area contributed by atoms with Crippen LogP contribution in [0.15, 0.2) is 18.2 Å². The van der Waals surface area contributed by atoms with Crippen LogP contribution in [0.4, 0.5) is 11.4 Å². The summed E-state index contributed by atoms with van der Waals surface area (Å²) in [4.78, 5) is 13.8. The lowest BCUT2D eigenvalue weighted by Gasteiger charge is -2.28. The van der Waals surface area contributed by atoms with Crippen molar-refractivity contribution < 1.29 is 13.2 Å². The lowest BCUT2D eigenvalue weighted by Crippen LogP contribution is -2.35. The topological polar surface area (TPSA) is 66.5 Å². The number of carbonyl (C=O) groups is 1. The molecule has 2 fully saturated rings. The highest BCUT2D eigenvalue weighted by Gasteiger charge is 2.35. The molecule has 1 aliphatic heterocycles. The molecule has 1 saturated carbocycles. The largest absolute Gasteiger partial charge is 0.312 e. The second-order valence-corrected chi connectivity index (χ2v) is 7.81. The van der Waals surface area contributed by atoms with Crippen molar-refractivity contribution in [2.24, 2.45) is 0 Å². The van der Waals surface area contributed by atoms with Gasteiger partial charge in [0.1, 0.15) is 0 Å². The Balaban J connectivity index is 1.81. The average Bonchev–Trinajstić information content (AvgIpc) is 3.24. The van der Waals surface area contributed by atoms with Crippen LogP contribution >= 0.6 is 0 Å². The van der Waals surface area contributed by atoms with E-state index in [1.54, 1.807) is 17.0 Å². The summed E-state index contributed by atoms with van der Waals surface area (Å²) in [7, 11) is -3.24. The van der Waals surface area contributed by atoms with Gasteiger partial charge in [0.15, 0.2) is 0 Å². The molecule has 0 atom stereocenters. The van der Waals surface area contributed by atoms with Crippen molar-refractivity contribution in [1.29, 1.82) is 0 Å². The summed E-state index contributed by atoms with van der Waals surface area (Å²) >= 11 is 0. The Morgan fingerprint density at radius 1 is 1.24 bits per heavy atom. The van der Waals surface area contributed by atoms with Crippen LogP contribution in [-0.4, -0.2) is 26.1 Å². The molecule has 3 rings (SSSR count). The maximum absolute atomic E-state index is 12.0. The summed E-state index contributed by atoms with van der Waals surface area (Å²) in [5.74, 6) is 0.149. The predicted molar refractivity (Wildman–Crippen MR) is 82.9 cm³/mol. The standard InChI is InChI=1S/C15H20N2O3S/c1-11-10-12(16-21(19,20)13-6-7-13)5-8-14(11)17-9-3-2-4-15(17)18/h5,8,10,13,16H,2-4,6-7,9H2,1H3. The first-order valence-corrected chi connectivity index (χ1v) is 8.95. The SMILES string of the molecule is Cc1cc(NS(=O)(=O)C2CC2)ccc1N1CCCCC1=O. The molecule has 1 saturated heterocycles. The molecule has 1 aromatic rings. The Hall–Kier alpha value is -1.56. The third-order valence-corrected chi connectivity index (χ3v) is 5.90. The zero-order valence-corrected chi connectivity index (χ0v) is 12.9. The normalized spacial score (nSPS) is 19.7. The van der Waals surface area contributed by atoms with Crippen LogP contribution in [0.25, 0.3) is 0 Å². The molecule has 114 valence electrons. The fraction of sp³-hybridized carbons (Fsp3) is 0.533. The van der Waals surface area contributed by atoms with E-state index in [1.165, 1.54) is 0 Å². The average molecular weight is 308 g/mol. The number of nitrogens with zero attached hydrogens (tertiary/aromatic N) is 1. The first-order chi connectivity index (χ1) is 9.97. The monoisotopic (exact) mass is 308 g/mol. The number of amides is 1. The number of piperidine rings is 1. The van der Waals surface area contributed by atoms with Gasteiger partial charge in [0, 0.05) is 24.3 Å². The Bertz CT molecular complexity index is 665. The first-order valence-electron chi connectivity index (χ1n) is 7.40. The molecule has 0 aromatic heterocycles. The van der Waals surface area contributed by atoms with Crippen LogP contribution in [0.1, 0.15) is 37.7 Å². The molecule has 1 amide bonds. The first kappa shape index (κ1) is 14.4. The van der Waals surface area contributed by atoms with Crippen molar-refractivity contribution in [3.63, 3.8) is 0 Å². The molecule has 0 bridgehead atoms. The third-order valence-electron chi connectivity index (χ3n) is 4.03. The zero-order chi connectivity index (χ0) is 15.0. The molecule has 21 heavy (non-hydrogen) atoms. The van der Waals surface area contributed by atoms with Gasteiger partial charge in [-0.25, -0.2) is 8.42 Å². The van der Waals surface area contributed by atoms with Crippen molar-refractivity contribution in [1.82, 2.24) is 0 Å². The van der Waals surface area contributed by atoms with Crippen molar-refractivity contribution in [3.05, 3.63) is 23.8 Å². The highest BCUT2D eigenvalue weighted by molar-refractivity contribution is 7.93. The van der Waals surface area contributed by atoms with E-state index in [9.17, 15) is 13.2 Å². The fourth-order valence-electron chi connectivity index (χ4n) is 2.71. The third kappa shape index (κ3) is 3.05. The number of aryl methyl sites for hydroxylation is 1. The van der Waals surface area contributed by atoms with Gasteiger partial charge < -0.3 is 4.90 Å². The molecule has 1 aromatic carbocycles. The smallest absolute Gasteiger partial charge is 0.235 e. The van der Waals surface area contributed by atoms with Gasteiger partial charge in [-0.1, -0.05) is 0 Å². The summed E-state index contributed by atoms with van der Waals surface area (Å²) in [6.07, 6.45) is 4.05. The Morgan fingerprint density at radius 2 is 2.00 bits per heavy atom. The maximum Gasteiger partial charge on any atom is 0.235 e. The predicted octanol–water partition coefficient (Wildman–Crippen LogP) is 2.42. The van der Waals surface area contributed by atoms with Crippen LogP contribution < -0.4 is 9.62 Å². The molecule has 1 N–H and O–H groups in total. The summed E-state index contributed by atoms with van der Waals surface area (Å²) in [5, 5.41) is -0.235. The Morgan fingerprint density at radius 3 is 2.62 bits per heavy atom. The van der Waals surface area contributed by atoms with Gasteiger partial charge in [0.05, 0.1) is 5.25 Å². The molecule has 0 unspecified atom stereocenters. The van der Waals surface area contributed by atoms with E-state index in [2.05, 4.69) is 4.72 Å². The second-order valence-electron chi connectivity index (χ2n) is 5.85. The van der Waals surface area contributed by atoms with Gasteiger partial charge in [-0.3, -0.25) is 9.52 Å². The molecule has 5 nitrogen and oxygen atoms in total. The number of nitrogens with one attached hydrogen (secondary N) is 1. The molecule has 0 radical (unpaired) electrons. The highest BCUT2D eigenvalue weighted by Crippen LogP contribution is 2.31. The molecular weight excluding hydrogens is 288 g/mol. The van der Waals surface area contributed by atoms with Gasteiger partial charge in [-0.2, -0.15) is 0 Å². The number of rotatable bonds is 4. The second kappa shape index (κ2) is 5.33. The van der Waals surface area contributed by atoms with E-state index in [0.717, 1.165) is 43.5 Å². The summed E-state index contributed by atoms with van der Waals surface area (Å²) in [5.41, 5.74) is 2.38. The zero-order valence-electron chi connectivity index (χ0n) is 12.1. The maximum atomic E-state index is 12.0. The number of hydrogen-bond donors (Lipinski definition) is 1. The van der Waals surface area contributed by atoms with E-state index in [1.807, 2.05) is 13.0 Å². The van der Waals surface area contributed by atoms with Gasteiger partial charge in [0.25, 0.3) is 0 Å². The number of benzene rings is 1. The highest BCUT2D eigenvalue weighted by atomic mass is 32.2. The van der Waals surface area contributed by atoms with Gasteiger partial charge in [-0.05, 0) is 56.4 Å². The number of carbonyl (C=O) groups excluding carboxylic acids is 1. The minimum atomic E-state index is -3.24. The number of hydrogen-bond acceptors (Lipinski definition) is 3. The fourth-order valence-corrected chi connectivity index (χ4v) is 4.09. The quantitative estimate of drug-likeness (QED) is 0.929. The molecule has 6 heteroatoms. The van der Waals surface area contributed by atoms with Crippen LogP contribution in [0.3, 0.4) is 0 Å². The van der Waals surface area contributed by atoms with Crippen molar-refractivity contribution in [3.8, 4) is 0 Å². The van der Waals surface area contributed by atoms with Crippen molar-refractivity contribution >= 4 is 27.3 Å². The van der Waals surface area contributed by atoms with E-state index in [4.69, 9.17) is 0 Å². The molecule has 2 aliphatic rings. The Labute approximate surface area is 125 Å². The van der Waals surface area contributed by atoms with E-state index in [0.29, 0.717) is 12.1 Å². The van der Waals surface area contributed by atoms with E-state index in [-0.39, 0.29) is 11.2 Å². The lowest BCUT2D eigenvalue weighted by molar-refractivity contribution is -0.119. The molecule has 1 heterocycles. The van der Waals surface area contributed by atoms with Crippen molar-refractivity contribution in [2.75, 3.05) is 16.2 Å². The minimum Gasteiger partial charge on any atom is -0.312 e. The summed E-state index contributed by atoms with van der Waals surface area (Å²) < 4.78 is 26.5. The summed E-state index contributed by atoms with van der Waals surface area (Å²) in [6, 6.07) is 5.38. The van der Waals surface area contributed by atoms with Crippen molar-refractivity contribution in [2.45, 2.75) is 44.3 Å². The van der Waals surface area contributed by atoms with Gasteiger partial charge in [0.2, 0.25) is 15.9 Å². The van der Waals surface area contributed by atoms with E-state index >= 15 is 0 Å². The minimum absolute atomic E-state index is 0.149. The molecule has 0 spiro atoms. The van der Waals surface area contributed by atoms with Crippen LogP contribution in [0.5, 0.6) is 0 Å². The van der Waals surface area contributed by atoms with E-state index < -0.39 is 10.0 Å². The number of sulfonamides is 1. The number of anilines is 2. The van der Waals surface area contributed by atoms with Crippen LogP contribution in [0, 0.1) is 6.92 Å². The molecular formula is C15H20N2O3S. The van der Waals surface area contributed by atoms with Gasteiger partial charge >= 0.3 is 0 Å². The van der Waals surface area contributed by atoms with Gasteiger partial charge in [-0.15, -0.1) is 0 Å². The van der Waals surface area contributed by atoms with Crippen LogP contribution in [0.2, 0.25) is 0 Å². The lowest BCUT2D eigenvalue weighted by atomic mass is 10.1. The Kier molecular flexibility index (Phi) is 3.65. The molecule has 1 aliphatic carbocycles. The van der Waals surface area contributed by atoms with Crippen LogP contribution in [-0.2, 0) is 14.8 Å². The summed E-state index contributed by atoms with van der Waals surface area (Å²) in [6.45, 7) is 2.65.